The van der Waals surface area contributed by atoms with Crippen molar-refractivity contribution in [3.05, 3.63) is 54.2 Å². The summed E-state index contributed by atoms with van der Waals surface area (Å²) < 4.78 is 4.75. The molecule has 1 aromatic rings. The molecule has 0 aromatic heterocycles. The third-order valence-corrected chi connectivity index (χ3v) is 3.06. The van der Waals surface area contributed by atoms with Crippen molar-refractivity contribution < 1.29 is 14.3 Å². The highest BCUT2D eigenvalue weighted by Crippen LogP contribution is 2.19. The molecular weight excluding hydrogens is 256 g/mol. The average Bonchev–Trinajstić information content (AvgIpc) is 2.45. The number of hydrogen-bond acceptors (Lipinski definition) is 3. The van der Waals surface area contributed by atoms with E-state index in [9.17, 15) is 9.59 Å². The van der Waals surface area contributed by atoms with E-state index in [1.54, 1.807) is 6.08 Å². The minimum Gasteiger partial charge on any atom is -0.468 e. The summed E-state index contributed by atoms with van der Waals surface area (Å²) in [5.41, 5.74) is 1.32. The van der Waals surface area contributed by atoms with Crippen molar-refractivity contribution >= 4 is 18.1 Å². The first-order valence-electron chi connectivity index (χ1n) is 6.19. The van der Waals surface area contributed by atoms with Crippen LogP contribution < -0.4 is 10.6 Å². The first kappa shape index (κ1) is 13.9. The van der Waals surface area contributed by atoms with Crippen LogP contribution >= 0.6 is 0 Å². The number of methoxy groups -OCH3 is 1. The molecule has 20 heavy (non-hydrogen) atoms. The van der Waals surface area contributed by atoms with Gasteiger partial charge in [0.1, 0.15) is 5.92 Å². The molecule has 0 saturated carbocycles. The van der Waals surface area contributed by atoms with E-state index in [1.807, 2.05) is 36.4 Å². The molecule has 1 aromatic carbocycles. The summed E-state index contributed by atoms with van der Waals surface area (Å²) in [7, 11) is 1.31. The summed E-state index contributed by atoms with van der Waals surface area (Å²) in [4.78, 5) is 23.3. The van der Waals surface area contributed by atoms with Crippen molar-refractivity contribution in [2.45, 2.75) is 6.04 Å². The van der Waals surface area contributed by atoms with Crippen molar-refractivity contribution in [2.24, 2.45) is 5.92 Å². The molecule has 1 saturated heterocycles. The van der Waals surface area contributed by atoms with Gasteiger partial charge in [0.25, 0.3) is 0 Å². The molecule has 0 aliphatic carbocycles. The van der Waals surface area contributed by atoms with E-state index in [0.717, 1.165) is 5.56 Å². The Hall–Kier alpha value is -2.56. The molecule has 0 spiro atoms. The Bertz CT molecular complexity index is 551. The fourth-order valence-electron chi connectivity index (χ4n) is 2.07. The van der Waals surface area contributed by atoms with Crippen LogP contribution in [0.15, 0.2) is 48.7 Å². The second kappa shape index (κ2) is 6.06. The van der Waals surface area contributed by atoms with Gasteiger partial charge >= 0.3 is 12.0 Å². The lowest BCUT2D eigenvalue weighted by Crippen LogP contribution is -2.54. The van der Waals surface area contributed by atoms with Crippen molar-refractivity contribution in [3.63, 3.8) is 0 Å². The summed E-state index contributed by atoms with van der Waals surface area (Å²) in [6.07, 6.45) is 3.61. The number of rotatable bonds is 3. The molecule has 5 nitrogen and oxygen atoms in total. The number of carbonyl (C=O) groups excluding carboxylic acids is 2. The van der Waals surface area contributed by atoms with Gasteiger partial charge in [-0.1, -0.05) is 49.1 Å². The zero-order chi connectivity index (χ0) is 14.5. The van der Waals surface area contributed by atoms with Gasteiger partial charge in [-0.05, 0) is 5.56 Å². The summed E-state index contributed by atoms with van der Waals surface area (Å²) in [5, 5.41) is 5.18. The van der Waals surface area contributed by atoms with Crippen molar-refractivity contribution in [3.8, 4) is 0 Å². The highest BCUT2D eigenvalue weighted by Gasteiger charge is 2.36. The Morgan fingerprint density at radius 3 is 2.70 bits per heavy atom. The van der Waals surface area contributed by atoms with Gasteiger partial charge in [0.05, 0.1) is 13.2 Å². The molecule has 104 valence electrons. The molecule has 1 aliphatic heterocycles. The number of carbonyl (C=O) groups is 2. The molecule has 2 atom stereocenters. The van der Waals surface area contributed by atoms with Gasteiger partial charge in [0.2, 0.25) is 0 Å². The number of esters is 1. The maximum atomic E-state index is 11.8. The minimum atomic E-state index is -0.641. The first-order valence-corrected chi connectivity index (χ1v) is 6.19. The number of urea groups is 1. The van der Waals surface area contributed by atoms with E-state index in [4.69, 9.17) is 4.74 Å². The highest BCUT2D eigenvalue weighted by atomic mass is 16.5. The number of nitrogens with one attached hydrogen (secondary N) is 2. The van der Waals surface area contributed by atoms with Crippen LogP contribution in [0.4, 0.5) is 4.79 Å². The molecule has 1 fully saturated rings. The second-order valence-corrected chi connectivity index (χ2v) is 4.42. The summed E-state index contributed by atoms with van der Waals surface area (Å²) in [6.45, 7) is 3.71. The van der Waals surface area contributed by atoms with E-state index < -0.39 is 17.9 Å². The van der Waals surface area contributed by atoms with Crippen LogP contribution in [0.2, 0.25) is 0 Å². The monoisotopic (exact) mass is 272 g/mol. The molecular formula is C15H16N2O3. The first-order chi connectivity index (χ1) is 9.61. The zero-order valence-corrected chi connectivity index (χ0v) is 11.1. The molecule has 1 heterocycles. The lowest BCUT2D eigenvalue weighted by atomic mass is 9.94. The number of ether oxygens (including phenoxy) is 1. The number of benzene rings is 1. The Morgan fingerprint density at radius 2 is 2.05 bits per heavy atom. The van der Waals surface area contributed by atoms with Crippen LogP contribution in [-0.4, -0.2) is 25.2 Å². The smallest absolute Gasteiger partial charge is 0.319 e. The van der Waals surface area contributed by atoms with Crippen LogP contribution in [0.3, 0.4) is 0 Å². The van der Waals surface area contributed by atoms with E-state index in [0.29, 0.717) is 5.70 Å². The molecule has 0 unspecified atom stereocenters. The van der Waals surface area contributed by atoms with Crippen LogP contribution in [-0.2, 0) is 9.53 Å². The van der Waals surface area contributed by atoms with Crippen molar-refractivity contribution in [1.82, 2.24) is 10.6 Å². The lowest BCUT2D eigenvalue weighted by Gasteiger charge is -2.30. The maximum absolute atomic E-state index is 11.8. The predicted molar refractivity (Wildman–Crippen MR) is 75.6 cm³/mol. The third-order valence-electron chi connectivity index (χ3n) is 3.06. The van der Waals surface area contributed by atoms with Crippen LogP contribution in [0.5, 0.6) is 0 Å². The van der Waals surface area contributed by atoms with Gasteiger partial charge < -0.3 is 15.4 Å². The Morgan fingerprint density at radius 1 is 1.35 bits per heavy atom. The largest absolute Gasteiger partial charge is 0.468 e. The van der Waals surface area contributed by atoms with Gasteiger partial charge in [0, 0.05) is 5.70 Å². The summed E-state index contributed by atoms with van der Waals surface area (Å²) in [6, 6.07) is 8.75. The maximum Gasteiger partial charge on any atom is 0.319 e. The van der Waals surface area contributed by atoms with Crippen LogP contribution in [0.1, 0.15) is 5.56 Å². The highest BCUT2D eigenvalue weighted by molar-refractivity contribution is 5.85. The Kier molecular flexibility index (Phi) is 4.20. The SMILES string of the molecule is C=C1NC(=O)N[C@H](/C=C\c2ccccc2)[C@H]1C(=O)OC. The van der Waals surface area contributed by atoms with E-state index in [-0.39, 0.29) is 6.03 Å². The van der Waals surface area contributed by atoms with Gasteiger partial charge in [-0.3, -0.25) is 4.79 Å². The van der Waals surface area contributed by atoms with Gasteiger partial charge in [-0.25, -0.2) is 4.79 Å². The zero-order valence-electron chi connectivity index (χ0n) is 11.1. The second-order valence-electron chi connectivity index (χ2n) is 4.42. The van der Waals surface area contributed by atoms with E-state index in [2.05, 4.69) is 17.2 Å². The predicted octanol–water partition coefficient (Wildman–Crippen LogP) is 1.68. The van der Waals surface area contributed by atoms with Crippen LogP contribution in [0, 0.1) is 5.92 Å². The molecule has 0 bridgehead atoms. The van der Waals surface area contributed by atoms with E-state index >= 15 is 0 Å². The number of hydrogen-bond donors (Lipinski definition) is 2. The van der Waals surface area contributed by atoms with Crippen LogP contribution in [0.25, 0.3) is 6.08 Å². The normalized spacial score (nSPS) is 22.2. The average molecular weight is 272 g/mol. The fraction of sp³-hybridized carbons (Fsp3) is 0.200. The fourth-order valence-corrected chi connectivity index (χ4v) is 2.07. The summed E-state index contributed by atoms with van der Waals surface area (Å²) >= 11 is 0. The topological polar surface area (TPSA) is 67.4 Å². The Balaban J connectivity index is 2.21. The van der Waals surface area contributed by atoms with E-state index in [1.165, 1.54) is 7.11 Å². The van der Waals surface area contributed by atoms with Crippen molar-refractivity contribution in [2.75, 3.05) is 7.11 Å². The van der Waals surface area contributed by atoms with Gasteiger partial charge in [-0.2, -0.15) is 0 Å². The van der Waals surface area contributed by atoms with Gasteiger partial charge in [0.15, 0.2) is 0 Å². The van der Waals surface area contributed by atoms with Crippen molar-refractivity contribution in [1.29, 1.82) is 0 Å². The number of amides is 2. The lowest BCUT2D eigenvalue weighted by molar-refractivity contribution is -0.144. The summed E-state index contributed by atoms with van der Waals surface area (Å²) in [5.74, 6) is -1.08. The third kappa shape index (κ3) is 3.06. The minimum absolute atomic E-state index is 0.336. The molecule has 2 amide bonds. The molecule has 2 N–H and O–H groups in total. The quantitative estimate of drug-likeness (QED) is 0.823. The molecule has 5 heteroatoms. The molecule has 1 aliphatic rings. The molecule has 2 rings (SSSR count). The van der Waals surface area contributed by atoms with Gasteiger partial charge in [-0.15, -0.1) is 0 Å². The Labute approximate surface area is 117 Å². The molecule has 0 radical (unpaired) electrons. The standard InChI is InChI=1S/C15H16N2O3/c1-10-13(14(18)20-2)12(17-15(19)16-10)9-8-11-6-4-3-5-7-11/h3-9,12-13H,1H2,2H3,(H2,16,17,19)/b9-8-/t12-,13+/m1/s1.